The molecule has 3 N–H and O–H groups in total. The summed E-state index contributed by atoms with van der Waals surface area (Å²) < 4.78 is 5.69. The smallest absolute Gasteiger partial charge is 0.243 e. The molecule has 1 aliphatic carbocycles. The Kier molecular flexibility index (Phi) is 4.82. The van der Waals surface area contributed by atoms with E-state index in [9.17, 15) is 9.59 Å². The lowest BCUT2D eigenvalue weighted by Crippen LogP contribution is -2.76. The van der Waals surface area contributed by atoms with Crippen LogP contribution in [0.25, 0.3) is 0 Å². The molecule has 126 valence electrons. The van der Waals surface area contributed by atoms with E-state index >= 15 is 0 Å². The van der Waals surface area contributed by atoms with Crippen molar-refractivity contribution in [1.82, 2.24) is 10.2 Å². The molecule has 22 heavy (non-hydrogen) atoms. The first-order valence-corrected chi connectivity index (χ1v) is 8.19. The maximum atomic E-state index is 12.9. The second-order valence-corrected chi connectivity index (χ2v) is 7.13. The van der Waals surface area contributed by atoms with Gasteiger partial charge in [-0.1, -0.05) is 13.8 Å². The molecule has 0 bridgehead atoms. The SMILES string of the molecule is CCOC1CC(N)(C(=O)N2CCCC(NC(C)=O)C2)C1(C)C. The molecule has 2 amide bonds. The van der Waals surface area contributed by atoms with Crippen LogP contribution in [0, 0.1) is 5.41 Å². The first-order chi connectivity index (χ1) is 10.2. The number of amides is 2. The summed E-state index contributed by atoms with van der Waals surface area (Å²) >= 11 is 0. The van der Waals surface area contributed by atoms with Crippen LogP contribution >= 0.6 is 0 Å². The molecule has 6 nitrogen and oxygen atoms in total. The van der Waals surface area contributed by atoms with E-state index in [4.69, 9.17) is 10.5 Å². The number of nitrogens with zero attached hydrogens (tertiary/aromatic N) is 1. The predicted molar refractivity (Wildman–Crippen MR) is 84.1 cm³/mol. The van der Waals surface area contributed by atoms with Gasteiger partial charge in [-0.25, -0.2) is 0 Å². The van der Waals surface area contributed by atoms with Gasteiger partial charge in [0.2, 0.25) is 11.8 Å². The van der Waals surface area contributed by atoms with Crippen LogP contribution in [0.2, 0.25) is 0 Å². The van der Waals surface area contributed by atoms with Crippen LogP contribution < -0.4 is 11.1 Å². The molecule has 0 spiro atoms. The molecule has 1 saturated carbocycles. The highest BCUT2D eigenvalue weighted by atomic mass is 16.5. The van der Waals surface area contributed by atoms with E-state index in [1.807, 2.05) is 25.7 Å². The van der Waals surface area contributed by atoms with E-state index in [0.717, 1.165) is 12.8 Å². The van der Waals surface area contributed by atoms with Crippen molar-refractivity contribution in [1.29, 1.82) is 0 Å². The minimum absolute atomic E-state index is 0.0106. The summed E-state index contributed by atoms with van der Waals surface area (Å²) in [5.41, 5.74) is 5.22. The molecule has 1 aliphatic heterocycles. The fourth-order valence-corrected chi connectivity index (χ4v) is 3.65. The lowest BCUT2D eigenvalue weighted by Gasteiger charge is -2.59. The number of carbonyl (C=O) groups excluding carboxylic acids is 2. The van der Waals surface area contributed by atoms with Crippen molar-refractivity contribution in [2.45, 2.75) is 64.6 Å². The van der Waals surface area contributed by atoms with Crippen LogP contribution in [0.1, 0.15) is 47.0 Å². The van der Waals surface area contributed by atoms with Crippen molar-refractivity contribution in [2.75, 3.05) is 19.7 Å². The van der Waals surface area contributed by atoms with E-state index in [-0.39, 0.29) is 29.4 Å². The number of hydrogen-bond donors (Lipinski definition) is 2. The van der Waals surface area contributed by atoms with Crippen LogP contribution in [0.4, 0.5) is 0 Å². The lowest BCUT2D eigenvalue weighted by atomic mass is 9.54. The molecule has 2 aliphatic rings. The summed E-state index contributed by atoms with van der Waals surface area (Å²) in [5.74, 6) is -0.0642. The van der Waals surface area contributed by atoms with Crippen LogP contribution in [-0.4, -0.2) is 54.1 Å². The summed E-state index contributed by atoms with van der Waals surface area (Å²) in [5, 5.41) is 2.91. The van der Waals surface area contributed by atoms with E-state index in [0.29, 0.717) is 26.1 Å². The monoisotopic (exact) mass is 311 g/mol. The number of carbonyl (C=O) groups is 2. The first-order valence-electron chi connectivity index (χ1n) is 8.19. The van der Waals surface area contributed by atoms with E-state index in [1.165, 1.54) is 6.92 Å². The predicted octanol–water partition coefficient (Wildman–Crippen LogP) is 0.646. The summed E-state index contributed by atoms with van der Waals surface area (Å²) in [6, 6.07) is 0.0321. The average molecular weight is 311 g/mol. The quantitative estimate of drug-likeness (QED) is 0.798. The fourth-order valence-electron chi connectivity index (χ4n) is 3.65. The van der Waals surface area contributed by atoms with Crippen molar-refractivity contribution in [3.8, 4) is 0 Å². The standard InChI is InChI=1S/C16H29N3O3/c1-5-22-13-9-16(17,15(13,3)4)14(21)19-8-6-7-12(10-19)18-11(2)20/h12-13H,5-10,17H2,1-4H3,(H,18,20). The lowest BCUT2D eigenvalue weighted by molar-refractivity contribution is -0.180. The summed E-state index contributed by atoms with van der Waals surface area (Å²) in [7, 11) is 0. The summed E-state index contributed by atoms with van der Waals surface area (Å²) in [6.07, 6.45) is 2.39. The van der Waals surface area contributed by atoms with Gasteiger partial charge in [0.1, 0.15) is 5.54 Å². The van der Waals surface area contributed by atoms with Gasteiger partial charge in [0.05, 0.1) is 6.10 Å². The Hall–Kier alpha value is -1.14. The molecular formula is C16H29N3O3. The molecular weight excluding hydrogens is 282 g/mol. The van der Waals surface area contributed by atoms with Gasteiger partial charge in [0.25, 0.3) is 0 Å². The third-order valence-corrected chi connectivity index (χ3v) is 5.33. The Balaban J connectivity index is 2.03. The Morgan fingerprint density at radius 2 is 2.09 bits per heavy atom. The molecule has 2 fully saturated rings. The number of hydrogen-bond acceptors (Lipinski definition) is 4. The molecule has 6 heteroatoms. The van der Waals surface area contributed by atoms with Gasteiger partial charge < -0.3 is 20.7 Å². The molecule has 1 heterocycles. The highest BCUT2D eigenvalue weighted by Gasteiger charge is 2.63. The van der Waals surface area contributed by atoms with Crippen molar-refractivity contribution >= 4 is 11.8 Å². The van der Waals surface area contributed by atoms with Gasteiger partial charge >= 0.3 is 0 Å². The molecule has 0 aromatic carbocycles. The van der Waals surface area contributed by atoms with Crippen LogP contribution in [0.15, 0.2) is 0 Å². The molecule has 2 rings (SSSR count). The molecule has 3 unspecified atom stereocenters. The minimum atomic E-state index is -0.870. The Bertz CT molecular complexity index is 452. The molecule has 0 aromatic heterocycles. The highest BCUT2D eigenvalue weighted by molar-refractivity contribution is 5.89. The maximum Gasteiger partial charge on any atom is 0.243 e. The van der Waals surface area contributed by atoms with Gasteiger partial charge in [-0.05, 0) is 19.8 Å². The van der Waals surface area contributed by atoms with E-state index < -0.39 is 5.54 Å². The summed E-state index contributed by atoms with van der Waals surface area (Å²) in [6.45, 7) is 9.36. The number of likely N-dealkylation sites (tertiary alicyclic amines) is 1. The van der Waals surface area contributed by atoms with Crippen LogP contribution in [-0.2, 0) is 14.3 Å². The zero-order chi connectivity index (χ0) is 16.5. The third kappa shape index (κ3) is 2.86. The molecule has 0 aromatic rings. The van der Waals surface area contributed by atoms with Crippen molar-refractivity contribution < 1.29 is 14.3 Å². The molecule has 1 saturated heterocycles. The summed E-state index contributed by atoms with van der Waals surface area (Å²) in [4.78, 5) is 26.0. The zero-order valence-electron chi connectivity index (χ0n) is 14.1. The number of nitrogens with two attached hydrogens (primary N) is 1. The third-order valence-electron chi connectivity index (χ3n) is 5.33. The van der Waals surface area contributed by atoms with Crippen molar-refractivity contribution in [2.24, 2.45) is 11.1 Å². The highest BCUT2D eigenvalue weighted by Crippen LogP contribution is 2.50. The number of nitrogens with one attached hydrogen (secondary N) is 1. The maximum absolute atomic E-state index is 12.9. The second kappa shape index (κ2) is 6.16. The van der Waals surface area contributed by atoms with E-state index in [2.05, 4.69) is 5.32 Å². The second-order valence-electron chi connectivity index (χ2n) is 7.13. The Morgan fingerprint density at radius 1 is 1.41 bits per heavy atom. The van der Waals surface area contributed by atoms with Crippen LogP contribution in [0.3, 0.4) is 0 Å². The first kappa shape index (κ1) is 17.2. The van der Waals surface area contributed by atoms with Gasteiger partial charge in [0, 0.05) is 44.5 Å². The van der Waals surface area contributed by atoms with Gasteiger partial charge in [-0.15, -0.1) is 0 Å². The molecule has 0 radical (unpaired) electrons. The van der Waals surface area contributed by atoms with Crippen LogP contribution in [0.5, 0.6) is 0 Å². The average Bonchev–Trinajstić information content (AvgIpc) is 2.45. The van der Waals surface area contributed by atoms with Gasteiger partial charge in [0.15, 0.2) is 0 Å². The number of ether oxygens (including phenoxy) is 1. The topological polar surface area (TPSA) is 84.7 Å². The van der Waals surface area contributed by atoms with Crippen molar-refractivity contribution in [3.05, 3.63) is 0 Å². The minimum Gasteiger partial charge on any atom is -0.378 e. The molecule has 3 atom stereocenters. The normalized spacial score (nSPS) is 34.0. The number of piperidine rings is 1. The van der Waals surface area contributed by atoms with Gasteiger partial charge in [-0.3, -0.25) is 9.59 Å². The van der Waals surface area contributed by atoms with Gasteiger partial charge in [-0.2, -0.15) is 0 Å². The fraction of sp³-hybridized carbons (Fsp3) is 0.875. The van der Waals surface area contributed by atoms with Crippen molar-refractivity contribution in [3.63, 3.8) is 0 Å². The Morgan fingerprint density at radius 3 is 2.64 bits per heavy atom. The largest absolute Gasteiger partial charge is 0.378 e. The zero-order valence-corrected chi connectivity index (χ0v) is 14.1. The Labute approximate surface area is 132 Å². The van der Waals surface area contributed by atoms with E-state index in [1.54, 1.807) is 0 Å². The number of rotatable bonds is 4.